The molecule has 2 aromatic heterocycles. The Morgan fingerprint density at radius 3 is 2.62 bits per heavy atom. The van der Waals surface area contributed by atoms with Gasteiger partial charge in [0.1, 0.15) is 23.6 Å². The van der Waals surface area contributed by atoms with E-state index in [1.807, 2.05) is 13.8 Å². The number of nitrogens with zero attached hydrogens (tertiary/aromatic N) is 4. The van der Waals surface area contributed by atoms with Crippen LogP contribution < -0.4 is 15.6 Å². The summed E-state index contributed by atoms with van der Waals surface area (Å²) in [6.07, 6.45) is 1.57. The van der Waals surface area contributed by atoms with Crippen molar-refractivity contribution < 1.29 is 13.9 Å². The van der Waals surface area contributed by atoms with Crippen LogP contribution in [0.25, 0.3) is 16.6 Å². The Morgan fingerprint density at radius 2 is 1.94 bits per heavy atom. The summed E-state index contributed by atoms with van der Waals surface area (Å²) in [6, 6.07) is 12.6. The van der Waals surface area contributed by atoms with E-state index in [0.717, 1.165) is 4.68 Å². The van der Waals surface area contributed by atoms with Crippen LogP contribution in [0.4, 0.5) is 10.1 Å². The summed E-state index contributed by atoms with van der Waals surface area (Å²) in [5.41, 5.74) is 1.54. The first-order valence-corrected chi connectivity index (χ1v) is 10.1. The molecule has 1 amide bonds. The van der Waals surface area contributed by atoms with E-state index in [1.165, 1.54) is 36.1 Å². The molecule has 32 heavy (non-hydrogen) atoms. The van der Waals surface area contributed by atoms with Gasteiger partial charge in [0, 0.05) is 17.1 Å². The van der Waals surface area contributed by atoms with Crippen molar-refractivity contribution in [1.29, 1.82) is 0 Å². The minimum Gasteiger partial charge on any atom is -0.497 e. The number of hydrogen-bond acceptors (Lipinski definition) is 5. The molecule has 2 heterocycles. The molecule has 0 bridgehead atoms. The SMILES string of the molecule is COc1cccc(NC(=O)Cn2nc(C(C)C)c3cnn(-c4ccc(F)cc4)c3c2=O)c1. The van der Waals surface area contributed by atoms with Crippen LogP contribution in [0.15, 0.2) is 59.5 Å². The van der Waals surface area contributed by atoms with Crippen LogP contribution in [0.1, 0.15) is 25.5 Å². The highest BCUT2D eigenvalue weighted by Gasteiger charge is 2.20. The van der Waals surface area contributed by atoms with Crippen molar-refractivity contribution in [3.63, 3.8) is 0 Å². The molecule has 0 fully saturated rings. The zero-order valence-corrected chi connectivity index (χ0v) is 17.9. The summed E-state index contributed by atoms with van der Waals surface area (Å²) >= 11 is 0. The second kappa shape index (κ2) is 8.62. The molecule has 4 rings (SSSR count). The predicted molar refractivity (Wildman–Crippen MR) is 119 cm³/mol. The van der Waals surface area contributed by atoms with Gasteiger partial charge < -0.3 is 10.1 Å². The second-order valence-electron chi connectivity index (χ2n) is 7.58. The number of amides is 1. The fraction of sp³-hybridized carbons (Fsp3) is 0.217. The van der Waals surface area contributed by atoms with Crippen molar-refractivity contribution in [2.45, 2.75) is 26.3 Å². The van der Waals surface area contributed by atoms with Crippen LogP contribution >= 0.6 is 0 Å². The van der Waals surface area contributed by atoms with Crippen LogP contribution in [0, 0.1) is 5.82 Å². The highest BCUT2D eigenvalue weighted by atomic mass is 19.1. The molecular weight excluding hydrogens is 413 g/mol. The largest absolute Gasteiger partial charge is 0.497 e. The fourth-order valence-electron chi connectivity index (χ4n) is 3.44. The van der Waals surface area contributed by atoms with Gasteiger partial charge in [-0.2, -0.15) is 10.2 Å². The summed E-state index contributed by atoms with van der Waals surface area (Å²) in [4.78, 5) is 25.9. The standard InChI is InChI=1S/C23H22FN5O3/c1-14(2)21-19-12-25-29(17-9-7-15(24)8-10-17)22(19)23(31)28(27-21)13-20(30)26-16-5-4-6-18(11-16)32-3/h4-12,14H,13H2,1-3H3,(H,26,30). The molecule has 0 saturated heterocycles. The average molecular weight is 435 g/mol. The topological polar surface area (TPSA) is 91.0 Å². The third-order valence-electron chi connectivity index (χ3n) is 4.98. The number of ether oxygens (including phenoxy) is 1. The normalized spacial score (nSPS) is 11.2. The Balaban J connectivity index is 1.75. The summed E-state index contributed by atoms with van der Waals surface area (Å²) in [5.74, 6) is -0.211. The molecule has 0 atom stereocenters. The van der Waals surface area contributed by atoms with Gasteiger partial charge in [-0.25, -0.2) is 13.8 Å². The van der Waals surface area contributed by atoms with Gasteiger partial charge in [-0.1, -0.05) is 19.9 Å². The van der Waals surface area contributed by atoms with Crippen molar-refractivity contribution in [3.05, 3.63) is 76.6 Å². The second-order valence-corrected chi connectivity index (χ2v) is 7.58. The van der Waals surface area contributed by atoms with E-state index in [0.29, 0.717) is 28.2 Å². The summed E-state index contributed by atoms with van der Waals surface area (Å²) in [5, 5.41) is 12.1. The number of carbonyl (C=O) groups excluding carboxylic acids is 1. The number of anilines is 1. The maximum atomic E-state index is 13.4. The summed E-state index contributed by atoms with van der Waals surface area (Å²) < 4.78 is 21.1. The molecule has 0 unspecified atom stereocenters. The van der Waals surface area contributed by atoms with Gasteiger partial charge in [-0.15, -0.1) is 0 Å². The number of nitrogens with one attached hydrogen (secondary N) is 1. The molecule has 2 aromatic carbocycles. The Morgan fingerprint density at radius 1 is 1.19 bits per heavy atom. The summed E-state index contributed by atoms with van der Waals surface area (Å²) in [6.45, 7) is 3.62. The fourth-order valence-corrected chi connectivity index (χ4v) is 3.44. The predicted octanol–water partition coefficient (Wildman–Crippen LogP) is 3.49. The van der Waals surface area contributed by atoms with Gasteiger partial charge in [0.05, 0.1) is 24.7 Å². The zero-order chi connectivity index (χ0) is 22.8. The zero-order valence-electron chi connectivity index (χ0n) is 17.9. The van der Waals surface area contributed by atoms with Gasteiger partial charge in [0.25, 0.3) is 5.56 Å². The minimum atomic E-state index is -0.466. The molecule has 164 valence electrons. The Labute approximate surface area is 183 Å². The first-order valence-electron chi connectivity index (χ1n) is 10.1. The molecular formula is C23H22FN5O3. The molecule has 0 radical (unpaired) electrons. The molecule has 0 aliphatic heterocycles. The van der Waals surface area contributed by atoms with Crippen molar-refractivity contribution in [2.75, 3.05) is 12.4 Å². The quantitative estimate of drug-likeness (QED) is 0.501. The maximum Gasteiger partial charge on any atom is 0.293 e. The van der Waals surface area contributed by atoms with Gasteiger partial charge >= 0.3 is 0 Å². The van der Waals surface area contributed by atoms with Gasteiger partial charge in [0.2, 0.25) is 5.91 Å². The van der Waals surface area contributed by atoms with Crippen molar-refractivity contribution in [1.82, 2.24) is 19.6 Å². The molecule has 9 heteroatoms. The third-order valence-corrected chi connectivity index (χ3v) is 4.98. The van der Waals surface area contributed by atoms with E-state index >= 15 is 0 Å². The number of aromatic nitrogens is 4. The number of methoxy groups -OCH3 is 1. The van der Waals surface area contributed by atoms with Gasteiger partial charge in [-0.3, -0.25) is 9.59 Å². The first kappa shape index (κ1) is 21.2. The van der Waals surface area contributed by atoms with E-state index in [1.54, 1.807) is 30.5 Å². The Kier molecular flexibility index (Phi) is 5.72. The molecule has 8 nitrogen and oxygen atoms in total. The van der Waals surface area contributed by atoms with Crippen LogP contribution in [0.2, 0.25) is 0 Å². The van der Waals surface area contributed by atoms with Crippen LogP contribution in [-0.4, -0.2) is 32.6 Å². The smallest absolute Gasteiger partial charge is 0.293 e. The van der Waals surface area contributed by atoms with Gasteiger partial charge in [-0.05, 0) is 42.3 Å². The first-order chi connectivity index (χ1) is 15.4. The number of carbonyl (C=O) groups is 1. The lowest BCUT2D eigenvalue weighted by atomic mass is 10.1. The lowest BCUT2D eigenvalue weighted by molar-refractivity contribution is -0.117. The molecule has 4 aromatic rings. The monoisotopic (exact) mass is 435 g/mol. The summed E-state index contributed by atoms with van der Waals surface area (Å²) in [7, 11) is 1.54. The van der Waals surface area contributed by atoms with Crippen LogP contribution in [0.5, 0.6) is 5.75 Å². The number of rotatable bonds is 6. The number of fused-ring (bicyclic) bond motifs is 1. The van der Waals surface area contributed by atoms with Crippen molar-refractivity contribution in [2.24, 2.45) is 0 Å². The minimum absolute atomic E-state index is 0.0170. The Bertz CT molecular complexity index is 1340. The highest BCUT2D eigenvalue weighted by Crippen LogP contribution is 2.23. The lowest BCUT2D eigenvalue weighted by Crippen LogP contribution is -2.31. The van der Waals surface area contributed by atoms with E-state index in [4.69, 9.17) is 4.74 Å². The molecule has 0 saturated carbocycles. The number of halogens is 1. The maximum absolute atomic E-state index is 13.4. The molecule has 1 N–H and O–H groups in total. The lowest BCUT2D eigenvalue weighted by Gasteiger charge is -2.12. The van der Waals surface area contributed by atoms with Crippen LogP contribution in [0.3, 0.4) is 0 Å². The molecule has 0 aliphatic rings. The van der Waals surface area contributed by atoms with Crippen molar-refractivity contribution in [3.8, 4) is 11.4 Å². The molecule has 0 spiro atoms. The Hall–Kier alpha value is -4.01. The van der Waals surface area contributed by atoms with E-state index in [2.05, 4.69) is 15.5 Å². The van der Waals surface area contributed by atoms with Gasteiger partial charge in [0.15, 0.2) is 0 Å². The van der Waals surface area contributed by atoms with E-state index in [9.17, 15) is 14.0 Å². The average Bonchev–Trinajstić information content (AvgIpc) is 3.21. The number of hydrogen-bond donors (Lipinski definition) is 1. The number of benzene rings is 2. The third kappa shape index (κ3) is 4.09. The van der Waals surface area contributed by atoms with E-state index < -0.39 is 11.5 Å². The van der Waals surface area contributed by atoms with Crippen molar-refractivity contribution >= 4 is 22.5 Å². The molecule has 0 aliphatic carbocycles. The van der Waals surface area contributed by atoms with Crippen LogP contribution in [-0.2, 0) is 11.3 Å². The van der Waals surface area contributed by atoms with E-state index in [-0.39, 0.29) is 23.8 Å². The highest BCUT2D eigenvalue weighted by molar-refractivity contribution is 5.91.